The van der Waals surface area contributed by atoms with E-state index in [1.807, 2.05) is 0 Å². The average Bonchev–Trinajstić information content (AvgIpc) is 2.10. The maximum atomic E-state index is 11.1. The fourth-order valence-electron chi connectivity index (χ4n) is 0.854. The van der Waals surface area contributed by atoms with E-state index in [1.165, 1.54) is 0 Å². The van der Waals surface area contributed by atoms with Crippen LogP contribution in [0.2, 0.25) is 0 Å². The van der Waals surface area contributed by atoms with Gasteiger partial charge in [-0.1, -0.05) is 0 Å². The summed E-state index contributed by atoms with van der Waals surface area (Å²) in [6, 6.07) is -0.612. The number of rotatable bonds is 6. The number of amides is 2. The summed E-state index contributed by atoms with van der Waals surface area (Å²) in [7, 11) is 0. The number of primary amides is 1. The molecule has 0 saturated heterocycles. The zero-order valence-corrected chi connectivity index (χ0v) is 10.8. The van der Waals surface area contributed by atoms with Gasteiger partial charge in [-0.25, -0.2) is 0 Å². The minimum absolute atomic E-state index is 0.0846. The first-order valence-corrected chi connectivity index (χ1v) is 5.59. The first-order valence-electron chi connectivity index (χ1n) is 4.11. The van der Waals surface area contributed by atoms with Crippen molar-refractivity contribution in [2.24, 2.45) is 11.5 Å². The third-order valence-corrected chi connectivity index (χ3v) is 2.62. The van der Waals surface area contributed by atoms with Gasteiger partial charge in [0.2, 0.25) is 0 Å². The molecule has 75 valence electrons. The van der Waals surface area contributed by atoms with Gasteiger partial charge in [0.25, 0.3) is 0 Å². The van der Waals surface area contributed by atoms with E-state index in [0.29, 0.717) is 18.3 Å². The summed E-state index contributed by atoms with van der Waals surface area (Å²) in [4.78, 5) is 32.4. The first kappa shape index (κ1) is 13.2. The van der Waals surface area contributed by atoms with Crippen LogP contribution >= 0.6 is 0 Å². The Labute approximate surface area is 91.4 Å². The van der Waals surface area contributed by atoms with Crippen molar-refractivity contribution in [3.8, 4) is 0 Å². The van der Waals surface area contributed by atoms with Crippen molar-refractivity contribution < 1.29 is 32.7 Å². The Morgan fingerprint density at radius 3 is 2.29 bits per heavy atom. The van der Waals surface area contributed by atoms with Gasteiger partial charge in [0.05, 0.1) is 0 Å². The van der Waals surface area contributed by atoms with E-state index in [4.69, 9.17) is 11.5 Å². The first-order chi connectivity index (χ1) is 6.47. The molecule has 14 heavy (non-hydrogen) atoms. The van der Waals surface area contributed by atoms with Crippen LogP contribution in [0, 0.1) is 0 Å². The predicted molar refractivity (Wildman–Crippen MR) is 44.4 cm³/mol. The monoisotopic (exact) mass is 250 g/mol. The van der Waals surface area contributed by atoms with Gasteiger partial charge in [0, 0.05) is 0 Å². The Morgan fingerprint density at radius 2 is 1.93 bits per heavy atom. The average molecular weight is 252 g/mol. The van der Waals surface area contributed by atoms with Crippen molar-refractivity contribution in [3.63, 3.8) is 0 Å². The number of carbonyl (C=O) groups is 3. The van der Waals surface area contributed by atoms with Crippen LogP contribution in [0.5, 0.6) is 0 Å². The van der Waals surface area contributed by atoms with Crippen molar-refractivity contribution in [3.05, 3.63) is 0 Å². The van der Waals surface area contributed by atoms with Gasteiger partial charge >= 0.3 is 91.1 Å². The molecule has 0 radical (unpaired) electrons. The molecule has 0 aromatic carbocycles. The summed E-state index contributed by atoms with van der Waals surface area (Å²) in [6.45, 7) is -0.166. The molecule has 5 N–H and O–H groups in total. The zero-order valence-electron chi connectivity index (χ0n) is 7.79. The second-order valence-electron chi connectivity index (χ2n) is 2.80. The molecule has 0 aliphatic rings. The standard InChI is InChI=1S/C7H12N3O3.Zn/c8-3-7(13)10-5(4-11)1-2-6(9)12;/h5H,1-3,8H2,(H2,9,12)(H,10,13);. The molecular formula is C7H12N3O3Zn. The van der Waals surface area contributed by atoms with Crippen LogP contribution in [-0.2, 0) is 32.7 Å². The van der Waals surface area contributed by atoms with E-state index in [-0.39, 0.29) is 23.8 Å². The maximum absolute atomic E-state index is 11.1. The minimum atomic E-state index is -0.612. The van der Waals surface area contributed by atoms with E-state index in [9.17, 15) is 14.4 Å². The van der Waals surface area contributed by atoms with Crippen molar-refractivity contribution >= 4 is 16.2 Å². The van der Waals surface area contributed by atoms with E-state index < -0.39 is 17.9 Å². The number of nitrogens with one attached hydrogen (secondary N) is 1. The normalized spacial score (nSPS) is 11.9. The Hall–Kier alpha value is -0.807. The van der Waals surface area contributed by atoms with Crippen LogP contribution in [-0.4, -0.2) is 28.8 Å². The molecule has 0 spiro atoms. The molecule has 0 bridgehead atoms. The zero-order chi connectivity index (χ0) is 11.1. The number of carbonyl (C=O) groups excluding carboxylic acids is 3. The summed E-state index contributed by atoms with van der Waals surface area (Å²) < 4.78 is -0.0898. The molecule has 0 heterocycles. The number of hydrogen-bond acceptors (Lipinski definition) is 4. The molecule has 0 rings (SSSR count). The molecular weight excluding hydrogens is 239 g/mol. The van der Waals surface area contributed by atoms with Gasteiger partial charge in [-0.3, -0.25) is 0 Å². The van der Waals surface area contributed by atoms with Crippen molar-refractivity contribution in [1.29, 1.82) is 0 Å². The van der Waals surface area contributed by atoms with Crippen molar-refractivity contribution in [2.45, 2.75) is 18.9 Å². The van der Waals surface area contributed by atoms with Crippen LogP contribution in [0.25, 0.3) is 0 Å². The molecule has 0 aromatic heterocycles. The fourth-order valence-corrected chi connectivity index (χ4v) is 1.50. The van der Waals surface area contributed by atoms with Gasteiger partial charge in [-0.05, 0) is 0 Å². The van der Waals surface area contributed by atoms with Crippen LogP contribution in [0.1, 0.15) is 12.8 Å². The molecule has 7 heteroatoms. The van der Waals surface area contributed by atoms with Crippen LogP contribution in [0.3, 0.4) is 0 Å². The topological polar surface area (TPSA) is 115 Å². The summed E-state index contributed by atoms with van der Waals surface area (Å²) in [6.07, 6.45) is 0.334. The fraction of sp³-hybridized carbons (Fsp3) is 0.571. The summed E-state index contributed by atoms with van der Waals surface area (Å²) in [5, 5.41) is 2.43. The van der Waals surface area contributed by atoms with E-state index in [2.05, 4.69) is 5.32 Å². The Kier molecular flexibility index (Phi) is 6.24. The molecule has 0 aromatic rings. The van der Waals surface area contributed by atoms with E-state index in [0.717, 1.165) is 0 Å². The van der Waals surface area contributed by atoms with E-state index >= 15 is 0 Å². The van der Waals surface area contributed by atoms with Gasteiger partial charge in [0.1, 0.15) is 0 Å². The van der Waals surface area contributed by atoms with Crippen LogP contribution in [0.4, 0.5) is 0 Å². The Bertz CT molecular complexity index is 244. The number of hydrogen-bond donors (Lipinski definition) is 3. The second-order valence-corrected chi connectivity index (χ2v) is 4.26. The van der Waals surface area contributed by atoms with Crippen molar-refractivity contribution in [1.82, 2.24) is 5.32 Å². The molecule has 0 fully saturated rings. The quantitative estimate of drug-likeness (QED) is 0.463. The third-order valence-electron chi connectivity index (χ3n) is 1.59. The van der Waals surface area contributed by atoms with Gasteiger partial charge in [-0.15, -0.1) is 0 Å². The van der Waals surface area contributed by atoms with E-state index in [1.54, 1.807) is 0 Å². The molecule has 1 atom stereocenters. The second kappa shape index (κ2) is 6.62. The van der Waals surface area contributed by atoms with Gasteiger partial charge in [-0.2, -0.15) is 0 Å². The SMILES string of the molecule is NCC(=O)NC(CCC(N)=O)[C](=O)[Zn]. The van der Waals surface area contributed by atoms with Crippen molar-refractivity contribution in [2.75, 3.05) is 6.54 Å². The third kappa shape index (κ3) is 5.77. The molecule has 0 aliphatic carbocycles. The summed E-state index contributed by atoms with van der Waals surface area (Å²) in [5.74, 6) is -0.889. The summed E-state index contributed by atoms with van der Waals surface area (Å²) >= 11 is 0.425. The Morgan fingerprint density at radius 1 is 1.36 bits per heavy atom. The molecule has 1 unspecified atom stereocenters. The summed E-state index contributed by atoms with van der Waals surface area (Å²) in [5.41, 5.74) is 10.00. The molecule has 0 saturated carbocycles. The molecule has 2 amide bonds. The van der Waals surface area contributed by atoms with Gasteiger partial charge in [0.15, 0.2) is 0 Å². The number of nitrogens with two attached hydrogens (primary N) is 2. The molecule has 6 nitrogen and oxygen atoms in total. The van der Waals surface area contributed by atoms with Crippen LogP contribution in [0.15, 0.2) is 0 Å². The Balaban J connectivity index is 4.09. The van der Waals surface area contributed by atoms with Crippen LogP contribution < -0.4 is 16.8 Å². The predicted octanol–water partition coefficient (Wildman–Crippen LogP) is -2.23. The van der Waals surface area contributed by atoms with Gasteiger partial charge < -0.3 is 0 Å². The molecule has 0 aliphatic heterocycles.